The summed E-state index contributed by atoms with van der Waals surface area (Å²) in [5, 5.41) is 0. The average molecular weight is 299 g/mol. The molecule has 2 fully saturated rings. The van der Waals surface area contributed by atoms with Crippen molar-refractivity contribution in [2.45, 2.75) is 52.0 Å². The Morgan fingerprint density at radius 2 is 1.73 bits per heavy atom. The standard InChI is InChI=1S/C19H25NO2/c1-13-7-9-15(10-8-13)18(21)19(22)20-12-11-14(2)16-5-3-4-6-17(16)20/h7-10,14,16-17H,3-6,11-12H2,1-2H3/t14-,16-,17-/m0/s1. The number of aryl methyl sites for hydroxylation is 1. The smallest absolute Gasteiger partial charge is 0.295 e. The van der Waals surface area contributed by atoms with Crippen molar-refractivity contribution in [1.82, 2.24) is 4.90 Å². The Hall–Kier alpha value is -1.64. The van der Waals surface area contributed by atoms with Crippen LogP contribution in [0, 0.1) is 18.8 Å². The number of piperidine rings is 1. The molecule has 0 radical (unpaired) electrons. The van der Waals surface area contributed by atoms with Crippen molar-refractivity contribution in [3.63, 3.8) is 0 Å². The fourth-order valence-electron chi connectivity index (χ4n) is 4.12. The molecule has 2 aliphatic rings. The lowest BCUT2D eigenvalue weighted by atomic mass is 9.72. The van der Waals surface area contributed by atoms with E-state index in [9.17, 15) is 9.59 Å². The van der Waals surface area contributed by atoms with Crippen LogP contribution in [0.3, 0.4) is 0 Å². The summed E-state index contributed by atoms with van der Waals surface area (Å²) in [6, 6.07) is 7.59. The number of Topliss-reactive ketones (excluding diaryl/α,β-unsaturated/α-hetero) is 1. The van der Waals surface area contributed by atoms with Crippen LogP contribution in [0.1, 0.15) is 54.9 Å². The van der Waals surface area contributed by atoms with Gasteiger partial charge in [-0.2, -0.15) is 0 Å². The molecular formula is C19H25NO2. The van der Waals surface area contributed by atoms with Crippen molar-refractivity contribution in [3.8, 4) is 0 Å². The molecule has 3 nitrogen and oxygen atoms in total. The fourth-order valence-corrected chi connectivity index (χ4v) is 4.12. The van der Waals surface area contributed by atoms with E-state index in [-0.39, 0.29) is 17.7 Å². The first-order valence-corrected chi connectivity index (χ1v) is 8.50. The minimum absolute atomic E-state index is 0.277. The van der Waals surface area contributed by atoms with Gasteiger partial charge < -0.3 is 4.90 Å². The summed E-state index contributed by atoms with van der Waals surface area (Å²) in [5.41, 5.74) is 1.62. The molecule has 0 bridgehead atoms. The molecule has 1 aromatic rings. The Labute approximate surface area is 132 Å². The molecule has 3 heteroatoms. The highest BCUT2D eigenvalue weighted by Crippen LogP contribution is 2.38. The van der Waals surface area contributed by atoms with Crippen LogP contribution in [0.15, 0.2) is 24.3 Å². The van der Waals surface area contributed by atoms with E-state index in [1.54, 1.807) is 12.1 Å². The second kappa shape index (κ2) is 6.23. The van der Waals surface area contributed by atoms with Crippen LogP contribution in [0.5, 0.6) is 0 Å². The zero-order valence-corrected chi connectivity index (χ0v) is 13.5. The van der Waals surface area contributed by atoms with Crippen LogP contribution in [0.25, 0.3) is 0 Å². The number of carbonyl (C=O) groups is 2. The van der Waals surface area contributed by atoms with E-state index in [1.165, 1.54) is 19.3 Å². The van der Waals surface area contributed by atoms with Gasteiger partial charge >= 0.3 is 0 Å². The lowest BCUT2D eigenvalue weighted by Crippen LogP contribution is -2.54. The molecule has 118 valence electrons. The first-order chi connectivity index (χ1) is 10.6. The number of amides is 1. The van der Waals surface area contributed by atoms with Crippen molar-refractivity contribution in [2.24, 2.45) is 11.8 Å². The van der Waals surface area contributed by atoms with Crippen molar-refractivity contribution in [3.05, 3.63) is 35.4 Å². The largest absolute Gasteiger partial charge is 0.333 e. The van der Waals surface area contributed by atoms with Gasteiger partial charge in [0, 0.05) is 18.2 Å². The monoisotopic (exact) mass is 299 g/mol. The number of hydrogen-bond donors (Lipinski definition) is 0. The second-order valence-electron chi connectivity index (χ2n) is 6.98. The van der Waals surface area contributed by atoms with Crippen molar-refractivity contribution in [1.29, 1.82) is 0 Å². The van der Waals surface area contributed by atoms with E-state index in [4.69, 9.17) is 0 Å². The van der Waals surface area contributed by atoms with Gasteiger partial charge in [-0.15, -0.1) is 0 Å². The molecule has 1 heterocycles. The number of nitrogens with zero attached hydrogens (tertiary/aromatic N) is 1. The number of hydrogen-bond acceptors (Lipinski definition) is 2. The van der Waals surface area contributed by atoms with Crippen LogP contribution in [-0.2, 0) is 4.79 Å². The van der Waals surface area contributed by atoms with Crippen LogP contribution in [0.2, 0.25) is 0 Å². The molecule has 1 saturated heterocycles. The summed E-state index contributed by atoms with van der Waals surface area (Å²) in [6.07, 6.45) is 5.72. The van der Waals surface area contributed by atoms with Gasteiger partial charge in [0.25, 0.3) is 5.91 Å². The SMILES string of the molecule is Cc1ccc(C(=O)C(=O)N2CC[C@H](C)[C@@H]3CCCC[C@@H]32)cc1. The summed E-state index contributed by atoms with van der Waals surface area (Å²) in [6.45, 7) is 5.01. The third kappa shape index (κ3) is 2.81. The molecule has 1 aromatic carbocycles. The van der Waals surface area contributed by atoms with E-state index in [0.29, 0.717) is 17.4 Å². The Bertz CT molecular complexity index is 563. The van der Waals surface area contributed by atoms with Crippen LogP contribution < -0.4 is 0 Å². The highest BCUT2D eigenvalue weighted by Gasteiger charge is 2.40. The summed E-state index contributed by atoms with van der Waals surface area (Å²) in [4.78, 5) is 27.1. The molecule has 0 aromatic heterocycles. The number of carbonyl (C=O) groups excluding carboxylic acids is 2. The van der Waals surface area contributed by atoms with Crippen LogP contribution in [0.4, 0.5) is 0 Å². The third-order valence-electron chi connectivity index (χ3n) is 5.51. The summed E-state index contributed by atoms with van der Waals surface area (Å²) in [5.74, 6) is 0.604. The highest BCUT2D eigenvalue weighted by molar-refractivity contribution is 6.42. The van der Waals surface area contributed by atoms with Crippen LogP contribution in [-0.4, -0.2) is 29.2 Å². The van der Waals surface area contributed by atoms with Gasteiger partial charge in [-0.1, -0.05) is 49.6 Å². The number of fused-ring (bicyclic) bond motifs is 1. The van der Waals surface area contributed by atoms with Crippen molar-refractivity contribution in [2.75, 3.05) is 6.54 Å². The fraction of sp³-hybridized carbons (Fsp3) is 0.579. The first kappa shape index (κ1) is 15.3. The molecule has 0 unspecified atom stereocenters. The number of benzene rings is 1. The molecule has 0 N–H and O–H groups in total. The zero-order chi connectivity index (χ0) is 15.7. The van der Waals surface area contributed by atoms with Gasteiger partial charge in [0.05, 0.1) is 0 Å². The molecule has 1 amide bonds. The predicted octanol–water partition coefficient (Wildman–Crippen LogP) is 3.60. The van der Waals surface area contributed by atoms with E-state index in [0.717, 1.165) is 24.9 Å². The minimum atomic E-state index is -0.348. The number of rotatable bonds is 2. The van der Waals surface area contributed by atoms with E-state index in [2.05, 4.69) is 6.92 Å². The number of ketones is 1. The Kier molecular flexibility index (Phi) is 4.32. The molecule has 1 aliphatic carbocycles. The molecule has 1 aliphatic heterocycles. The molecule has 3 rings (SSSR count). The third-order valence-corrected chi connectivity index (χ3v) is 5.51. The zero-order valence-electron chi connectivity index (χ0n) is 13.5. The molecule has 0 spiro atoms. The maximum Gasteiger partial charge on any atom is 0.295 e. The van der Waals surface area contributed by atoms with E-state index >= 15 is 0 Å². The van der Waals surface area contributed by atoms with Crippen molar-refractivity contribution < 1.29 is 9.59 Å². The lowest BCUT2D eigenvalue weighted by Gasteiger charge is -2.47. The predicted molar refractivity (Wildman–Crippen MR) is 86.7 cm³/mol. The minimum Gasteiger partial charge on any atom is -0.333 e. The van der Waals surface area contributed by atoms with Gasteiger partial charge in [-0.3, -0.25) is 9.59 Å². The number of likely N-dealkylation sites (tertiary alicyclic amines) is 1. The normalized spacial score (nSPS) is 28.1. The van der Waals surface area contributed by atoms with E-state index in [1.807, 2.05) is 24.0 Å². The Balaban J connectivity index is 1.78. The maximum absolute atomic E-state index is 12.7. The quantitative estimate of drug-likeness (QED) is 0.618. The molecular weight excluding hydrogens is 274 g/mol. The Morgan fingerprint density at radius 1 is 1.05 bits per heavy atom. The molecule has 22 heavy (non-hydrogen) atoms. The lowest BCUT2D eigenvalue weighted by molar-refractivity contribution is -0.134. The Morgan fingerprint density at radius 3 is 2.45 bits per heavy atom. The van der Waals surface area contributed by atoms with E-state index < -0.39 is 0 Å². The van der Waals surface area contributed by atoms with Gasteiger partial charge in [0.1, 0.15) is 0 Å². The van der Waals surface area contributed by atoms with Gasteiger partial charge in [0.15, 0.2) is 0 Å². The molecule has 1 saturated carbocycles. The van der Waals surface area contributed by atoms with Gasteiger partial charge in [-0.25, -0.2) is 0 Å². The van der Waals surface area contributed by atoms with Gasteiger partial charge in [-0.05, 0) is 38.0 Å². The highest BCUT2D eigenvalue weighted by atomic mass is 16.2. The summed E-state index contributed by atoms with van der Waals surface area (Å²) >= 11 is 0. The molecule has 3 atom stereocenters. The van der Waals surface area contributed by atoms with Crippen LogP contribution >= 0.6 is 0 Å². The van der Waals surface area contributed by atoms with Gasteiger partial charge in [0.2, 0.25) is 5.78 Å². The van der Waals surface area contributed by atoms with Crippen molar-refractivity contribution >= 4 is 11.7 Å². The maximum atomic E-state index is 12.7. The average Bonchev–Trinajstić information content (AvgIpc) is 2.55. The topological polar surface area (TPSA) is 37.4 Å². The first-order valence-electron chi connectivity index (χ1n) is 8.50. The summed E-state index contributed by atoms with van der Waals surface area (Å²) < 4.78 is 0. The summed E-state index contributed by atoms with van der Waals surface area (Å²) in [7, 11) is 0. The second-order valence-corrected chi connectivity index (χ2v) is 6.98.